The molecule has 3 nitrogen and oxygen atoms in total. The van der Waals surface area contributed by atoms with Crippen molar-refractivity contribution in [3.8, 4) is 5.75 Å². The number of nitrogens with one attached hydrogen (secondary N) is 1. The lowest BCUT2D eigenvalue weighted by Gasteiger charge is -2.09. The van der Waals surface area contributed by atoms with Crippen molar-refractivity contribution in [3.63, 3.8) is 0 Å². The normalized spacial score (nSPS) is 10.2. The van der Waals surface area contributed by atoms with Crippen LogP contribution in [0.1, 0.15) is 5.56 Å². The maximum absolute atomic E-state index is 11.9. The fraction of sp³-hybridized carbons (Fsp3) is 0.188. The Kier molecular flexibility index (Phi) is 5.96. The second-order valence-electron chi connectivity index (χ2n) is 4.31. The van der Waals surface area contributed by atoms with Crippen LogP contribution in [-0.4, -0.2) is 18.8 Å². The summed E-state index contributed by atoms with van der Waals surface area (Å²) in [6.07, 6.45) is 0. The minimum Gasteiger partial charge on any atom is -0.496 e. The van der Waals surface area contributed by atoms with Gasteiger partial charge in [-0.05, 0) is 18.2 Å². The summed E-state index contributed by atoms with van der Waals surface area (Å²) in [6, 6.07) is 15.1. The average molecular weight is 322 g/mol. The minimum absolute atomic E-state index is 0.0363. The van der Waals surface area contributed by atoms with Crippen LogP contribution in [0, 0.1) is 0 Å². The number of thioether (sulfide) groups is 1. The van der Waals surface area contributed by atoms with E-state index in [1.807, 2.05) is 48.5 Å². The summed E-state index contributed by atoms with van der Waals surface area (Å²) in [5, 5.41) is 3.55. The Morgan fingerprint density at radius 3 is 2.67 bits per heavy atom. The summed E-state index contributed by atoms with van der Waals surface area (Å²) < 4.78 is 5.25. The predicted molar refractivity (Wildman–Crippen MR) is 87.0 cm³/mol. The molecule has 0 heterocycles. The van der Waals surface area contributed by atoms with E-state index in [2.05, 4.69) is 5.32 Å². The number of hydrogen-bond acceptors (Lipinski definition) is 3. The Morgan fingerprint density at radius 1 is 1.19 bits per heavy atom. The third-order valence-electron chi connectivity index (χ3n) is 2.86. The van der Waals surface area contributed by atoms with Gasteiger partial charge in [-0.1, -0.05) is 41.9 Å². The molecule has 0 aliphatic heterocycles. The van der Waals surface area contributed by atoms with Crippen LogP contribution in [0.25, 0.3) is 0 Å². The molecule has 0 bridgehead atoms. The summed E-state index contributed by atoms with van der Waals surface area (Å²) >= 11 is 7.48. The monoisotopic (exact) mass is 321 g/mol. The van der Waals surface area contributed by atoms with E-state index in [1.54, 1.807) is 7.11 Å². The fourth-order valence-electron chi connectivity index (χ4n) is 1.80. The number of carbonyl (C=O) groups is 1. The number of hydrogen-bond donors (Lipinski definition) is 1. The lowest BCUT2D eigenvalue weighted by molar-refractivity contribution is -0.118. The molecule has 0 saturated heterocycles. The van der Waals surface area contributed by atoms with Gasteiger partial charge in [-0.3, -0.25) is 4.79 Å². The van der Waals surface area contributed by atoms with E-state index in [0.717, 1.165) is 16.2 Å². The Morgan fingerprint density at radius 2 is 1.90 bits per heavy atom. The van der Waals surface area contributed by atoms with Gasteiger partial charge < -0.3 is 10.1 Å². The van der Waals surface area contributed by atoms with Gasteiger partial charge in [0.05, 0.1) is 17.9 Å². The van der Waals surface area contributed by atoms with Crippen molar-refractivity contribution in [2.24, 2.45) is 0 Å². The van der Waals surface area contributed by atoms with Crippen LogP contribution in [0.2, 0.25) is 5.02 Å². The molecule has 2 aromatic carbocycles. The van der Waals surface area contributed by atoms with Gasteiger partial charge in [0.15, 0.2) is 0 Å². The van der Waals surface area contributed by atoms with Gasteiger partial charge in [0.25, 0.3) is 0 Å². The molecule has 0 aliphatic rings. The van der Waals surface area contributed by atoms with Gasteiger partial charge in [0, 0.05) is 17.0 Å². The summed E-state index contributed by atoms with van der Waals surface area (Å²) in [6.45, 7) is 0.450. The number of rotatable bonds is 6. The van der Waals surface area contributed by atoms with Gasteiger partial charge in [-0.2, -0.15) is 0 Å². The van der Waals surface area contributed by atoms with E-state index in [9.17, 15) is 4.79 Å². The predicted octanol–water partition coefficient (Wildman–Crippen LogP) is 3.76. The summed E-state index contributed by atoms with van der Waals surface area (Å²) in [4.78, 5) is 12.8. The first-order valence-corrected chi connectivity index (χ1v) is 7.83. The van der Waals surface area contributed by atoms with Crippen molar-refractivity contribution in [3.05, 3.63) is 59.1 Å². The van der Waals surface area contributed by atoms with Gasteiger partial charge in [-0.25, -0.2) is 0 Å². The van der Waals surface area contributed by atoms with E-state index in [1.165, 1.54) is 11.8 Å². The van der Waals surface area contributed by atoms with Crippen molar-refractivity contribution in [2.45, 2.75) is 11.4 Å². The van der Waals surface area contributed by atoms with Gasteiger partial charge in [0.2, 0.25) is 5.91 Å². The molecule has 0 atom stereocenters. The van der Waals surface area contributed by atoms with E-state index in [-0.39, 0.29) is 5.91 Å². The van der Waals surface area contributed by atoms with Crippen molar-refractivity contribution < 1.29 is 9.53 Å². The first-order chi connectivity index (χ1) is 10.2. The average Bonchev–Trinajstić information content (AvgIpc) is 2.52. The third-order valence-corrected chi connectivity index (χ3v) is 4.38. The third kappa shape index (κ3) is 4.69. The molecule has 0 fully saturated rings. The molecule has 21 heavy (non-hydrogen) atoms. The number of halogens is 1. The van der Waals surface area contributed by atoms with Gasteiger partial charge in [0.1, 0.15) is 5.75 Å². The van der Waals surface area contributed by atoms with Crippen molar-refractivity contribution in [2.75, 3.05) is 12.9 Å². The highest BCUT2D eigenvalue weighted by Gasteiger charge is 2.07. The van der Waals surface area contributed by atoms with Crippen LogP contribution in [-0.2, 0) is 11.3 Å². The Hall–Kier alpha value is -1.65. The molecule has 1 amide bonds. The highest BCUT2D eigenvalue weighted by molar-refractivity contribution is 8.00. The second kappa shape index (κ2) is 7.96. The SMILES string of the molecule is COc1ccccc1CNC(=O)CSc1ccccc1Cl. The van der Waals surface area contributed by atoms with E-state index >= 15 is 0 Å². The van der Waals surface area contributed by atoms with Crippen molar-refractivity contribution in [1.82, 2.24) is 5.32 Å². The number of carbonyl (C=O) groups excluding carboxylic acids is 1. The standard InChI is InChI=1S/C16H16ClNO2S/c1-20-14-8-4-2-6-12(14)10-18-16(19)11-21-15-9-5-3-7-13(15)17/h2-9H,10-11H2,1H3,(H,18,19). The quantitative estimate of drug-likeness (QED) is 0.823. The summed E-state index contributed by atoms with van der Waals surface area (Å²) in [5.74, 6) is 1.07. The van der Waals surface area contributed by atoms with Crippen LogP contribution in [0.3, 0.4) is 0 Å². The largest absolute Gasteiger partial charge is 0.496 e. The first-order valence-electron chi connectivity index (χ1n) is 6.46. The molecule has 5 heteroatoms. The van der Waals surface area contributed by atoms with Crippen molar-refractivity contribution in [1.29, 1.82) is 0 Å². The van der Waals surface area contributed by atoms with Crippen LogP contribution in [0.15, 0.2) is 53.4 Å². The number of amides is 1. The van der Waals surface area contributed by atoms with E-state index < -0.39 is 0 Å². The van der Waals surface area contributed by atoms with Crippen LogP contribution >= 0.6 is 23.4 Å². The second-order valence-corrected chi connectivity index (χ2v) is 5.73. The highest BCUT2D eigenvalue weighted by Crippen LogP contribution is 2.26. The maximum Gasteiger partial charge on any atom is 0.230 e. The van der Waals surface area contributed by atoms with Gasteiger partial charge in [-0.15, -0.1) is 11.8 Å². The number of para-hydroxylation sites is 1. The Balaban J connectivity index is 1.84. The van der Waals surface area contributed by atoms with Crippen LogP contribution < -0.4 is 10.1 Å². The number of benzene rings is 2. The molecule has 0 saturated carbocycles. The number of ether oxygens (including phenoxy) is 1. The molecule has 0 radical (unpaired) electrons. The molecular formula is C16H16ClNO2S. The maximum atomic E-state index is 11.9. The zero-order chi connectivity index (χ0) is 15.1. The molecule has 2 rings (SSSR count). The zero-order valence-corrected chi connectivity index (χ0v) is 13.2. The Bertz CT molecular complexity index is 619. The minimum atomic E-state index is -0.0363. The van der Waals surface area contributed by atoms with Gasteiger partial charge >= 0.3 is 0 Å². The molecular weight excluding hydrogens is 306 g/mol. The van der Waals surface area contributed by atoms with Crippen molar-refractivity contribution >= 4 is 29.3 Å². The Labute approximate surface area is 133 Å². The summed E-state index contributed by atoms with van der Waals surface area (Å²) in [5.41, 5.74) is 0.955. The fourth-order valence-corrected chi connectivity index (χ4v) is 2.87. The molecule has 0 aliphatic carbocycles. The molecule has 0 unspecified atom stereocenters. The number of methoxy groups -OCH3 is 1. The van der Waals surface area contributed by atoms with Crippen LogP contribution in [0.5, 0.6) is 5.75 Å². The molecule has 0 spiro atoms. The van der Waals surface area contributed by atoms with Crippen LogP contribution in [0.4, 0.5) is 0 Å². The highest BCUT2D eigenvalue weighted by atomic mass is 35.5. The topological polar surface area (TPSA) is 38.3 Å². The lowest BCUT2D eigenvalue weighted by atomic mass is 10.2. The molecule has 0 aromatic heterocycles. The molecule has 110 valence electrons. The molecule has 1 N–H and O–H groups in total. The first kappa shape index (κ1) is 15.7. The van der Waals surface area contributed by atoms with E-state index in [4.69, 9.17) is 16.3 Å². The van der Waals surface area contributed by atoms with E-state index in [0.29, 0.717) is 17.3 Å². The zero-order valence-electron chi connectivity index (χ0n) is 11.6. The smallest absolute Gasteiger partial charge is 0.230 e. The lowest BCUT2D eigenvalue weighted by Crippen LogP contribution is -2.24. The summed E-state index contributed by atoms with van der Waals surface area (Å²) in [7, 11) is 1.62. The molecule has 2 aromatic rings.